The Labute approximate surface area is 164 Å². The lowest BCUT2D eigenvalue weighted by atomic mass is 9.81. The van der Waals surface area contributed by atoms with Crippen LogP contribution in [0.1, 0.15) is 55.2 Å². The van der Waals surface area contributed by atoms with Crippen LogP contribution in [-0.4, -0.2) is 21.3 Å². The van der Waals surface area contributed by atoms with E-state index in [1.54, 1.807) is 24.3 Å². The molecule has 0 aliphatic heterocycles. The Kier molecular flexibility index (Phi) is 5.14. The molecule has 3 aromatic carbocycles. The van der Waals surface area contributed by atoms with E-state index in [2.05, 4.69) is 0 Å². The number of benzene rings is 3. The van der Waals surface area contributed by atoms with Crippen molar-refractivity contribution < 1.29 is 20.1 Å². The first-order valence-corrected chi connectivity index (χ1v) is 9.12. The first kappa shape index (κ1) is 19.5. The highest BCUT2D eigenvalue weighted by atomic mass is 16.4. The molecule has 0 atom stereocenters. The van der Waals surface area contributed by atoms with Gasteiger partial charge in [-0.3, -0.25) is 0 Å². The molecule has 3 aromatic rings. The van der Waals surface area contributed by atoms with Gasteiger partial charge in [-0.25, -0.2) is 4.79 Å². The summed E-state index contributed by atoms with van der Waals surface area (Å²) in [5.41, 5.74) is 5.86. The fourth-order valence-corrected chi connectivity index (χ4v) is 3.77. The van der Waals surface area contributed by atoms with Crippen LogP contribution in [0.2, 0.25) is 0 Å². The van der Waals surface area contributed by atoms with Crippen LogP contribution >= 0.6 is 0 Å². The average molecular weight is 376 g/mol. The Morgan fingerprint density at radius 3 is 1.57 bits per heavy atom. The summed E-state index contributed by atoms with van der Waals surface area (Å²) in [6.45, 7) is 7.61. The second-order valence-electron chi connectivity index (χ2n) is 7.40. The topological polar surface area (TPSA) is 77.8 Å². The first-order valence-electron chi connectivity index (χ1n) is 9.12. The number of carbonyl (C=O) groups is 1. The summed E-state index contributed by atoms with van der Waals surface area (Å²) in [6, 6.07) is 14.2. The van der Waals surface area contributed by atoms with Crippen molar-refractivity contribution in [1.29, 1.82) is 0 Å². The zero-order valence-corrected chi connectivity index (χ0v) is 16.4. The molecule has 0 spiro atoms. The van der Waals surface area contributed by atoms with Crippen molar-refractivity contribution in [3.05, 3.63) is 93.0 Å². The van der Waals surface area contributed by atoms with Gasteiger partial charge in [-0.2, -0.15) is 0 Å². The van der Waals surface area contributed by atoms with E-state index in [1.807, 2.05) is 52.0 Å². The van der Waals surface area contributed by atoms with Crippen molar-refractivity contribution >= 4 is 5.97 Å². The number of hydrogen-bond acceptors (Lipinski definition) is 3. The molecule has 28 heavy (non-hydrogen) atoms. The summed E-state index contributed by atoms with van der Waals surface area (Å²) in [5.74, 6) is -1.07. The molecule has 4 heteroatoms. The van der Waals surface area contributed by atoms with E-state index < -0.39 is 11.9 Å². The van der Waals surface area contributed by atoms with E-state index in [-0.39, 0.29) is 17.1 Å². The van der Waals surface area contributed by atoms with Gasteiger partial charge in [0.05, 0.1) is 5.56 Å². The number of phenolic OH excluding ortho intramolecular Hbond substituents is 2. The molecule has 0 aliphatic rings. The third-order valence-corrected chi connectivity index (χ3v) is 5.06. The molecule has 0 saturated carbocycles. The van der Waals surface area contributed by atoms with Gasteiger partial charge in [-0.05, 0) is 56.5 Å². The minimum atomic E-state index is -0.994. The highest BCUT2D eigenvalue weighted by Gasteiger charge is 2.25. The molecule has 0 fully saturated rings. The number of carboxylic acids is 1. The standard InChI is InChI=1S/C24H24O4/c1-13-9-15(3)22(25)19(11-13)21(17-5-7-18(8-6-17)24(27)28)20-12-14(2)10-16(4)23(20)26/h5-12,21,25-26H,1-4H3,(H,27,28). The van der Waals surface area contributed by atoms with Crippen LogP contribution in [0.15, 0.2) is 48.5 Å². The Morgan fingerprint density at radius 1 is 0.750 bits per heavy atom. The van der Waals surface area contributed by atoms with Gasteiger partial charge < -0.3 is 15.3 Å². The molecule has 0 radical (unpaired) electrons. The zero-order chi connectivity index (χ0) is 20.6. The van der Waals surface area contributed by atoms with Gasteiger partial charge in [0.15, 0.2) is 0 Å². The molecule has 0 saturated heterocycles. The Morgan fingerprint density at radius 2 is 1.18 bits per heavy atom. The van der Waals surface area contributed by atoms with Crippen LogP contribution in [-0.2, 0) is 0 Å². The molecule has 0 heterocycles. The lowest BCUT2D eigenvalue weighted by Gasteiger charge is -2.23. The van der Waals surface area contributed by atoms with Crippen LogP contribution in [0.25, 0.3) is 0 Å². The highest BCUT2D eigenvalue weighted by Crippen LogP contribution is 2.43. The zero-order valence-electron chi connectivity index (χ0n) is 16.4. The van der Waals surface area contributed by atoms with Crippen LogP contribution in [0.4, 0.5) is 0 Å². The van der Waals surface area contributed by atoms with Crippen molar-refractivity contribution in [3.63, 3.8) is 0 Å². The maximum Gasteiger partial charge on any atom is 0.335 e. The number of aromatic carboxylic acids is 1. The number of carboxylic acid groups (broad SMARTS) is 1. The van der Waals surface area contributed by atoms with Crippen LogP contribution in [0.5, 0.6) is 11.5 Å². The van der Waals surface area contributed by atoms with Gasteiger partial charge in [0, 0.05) is 17.0 Å². The van der Waals surface area contributed by atoms with Crippen molar-refractivity contribution in [1.82, 2.24) is 0 Å². The van der Waals surface area contributed by atoms with Gasteiger partial charge in [-0.15, -0.1) is 0 Å². The molecular formula is C24H24O4. The molecule has 0 unspecified atom stereocenters. The monoisotopic (exact) mass is 376 g/mol. The Balaban J connectivity index is 2.31. The quantitative estimate of drug-likeness (QED) is 0.546. The van der Waals surface area contributed by atoms with Crippen molar-refractivity contribution in [2.75, 3.05) is 0 Å². The van der Waals surface area contributed by atoms with Crippen molar-refractivity contribution in [2.45, 2.75) is 33.6 Å². The predicted octanol–water partition coefficient (Wildman–Crippen LogP) is 5.21. The molecule has 0 amide bonds. The van der Waals surface area contributed by atoms with Gasteiger partial charge >= 0.3 is 5.97 Å². The Hall–Kier alpha value is -3.27. The number of aromatic hydroxyl groups is 2. The van der Waals surface area contributed by atoms with E-state index in [1.165, 1.54) is 0 Å². The van der Waals surface area contributed by atoms with E-state index in [0.717, 1.165) is 27.8 Å². The first-order chi connectivity index (χ1) is 13.2. The summed E-state index contributed by atoms with van der Waals surface area (Å²) in [7, 11) is 0. The maximum absolute atomic E-state index is 11.2. The molecule has 3 rings (SSSR count). The molecule has 144 valence electrons. The van der Waals surface area contributed by atoms with Gasteiger partial charge in [0.1, 0.15) is 11.5 Å². The fourth-order valence-electron chi connectivity index (χ4n) is 3.77. The number of rotatable bonds is 4. The SMILES string of the molecule is Cc1cc(C)c(O)c(C(c2ccc(C(=O)O)cc2)c2cc(C)cc(C)c2O)c1. The molecule has 3 N–H and O–H groups in total. The summed E-state index contributed by atoms with van der Waals surface area (Å²) in [4.78, 5) is 11.2. The predicted molar refractivity (Wildman–Crippen MR) is 110 cm³/mol. The van der Waals surface area contributed by atoms with Crippen molar-refractivity contribution in [2.24, 2.45) is 0 Å². The summed E-state index contributed by atoms with van der Waals surface area (Å²) in [5, 5.41) is 30.8. The molecule has 0 aliphatic carbocycles. The van der Waals surface area contributed by atoms with E-state index in [9.17, 15) is 20.1 Å². The van der Waals surface area contributed by atoms with Crippen LogP contribution < -0.4 is 0 Å². The van der Waals surface area contributed by atoms with Crippen LogP contribution in [0, 0.1) is 27.7 Å². The number of hydrogen-bond donors (Lipinski definition) is 3. The average Bonchev–Trinajstić information content (AvgIpc) is 2.63. The van der Waals surface area contributed by atoms with E-state index in [0.29, 0.717) is 11.1 Å². The summed E-state index contributed by atoms with van der Waals surface area (Å²) in [6.07, 6.45) is 0. The summed E-state index contributed by atoms with van der Waals surface area (Å²) < 4.78 is 0. The third-order valence-electron chi connectivity index (χ3n) is 5.06. The molecule has 4 nitrogen and oxygen atoms in total. The lowest BCUT2D eigenvalue weighted by molar-refractivity contribution is 0.0697. The Bertz CT molecular complexity index is 992. The van der Waals surface area contributed by atoms with Crippen molar-refractivity contribution in [3.8, 4) is 11.5 Å². The van der Waals surface area contributed by atoms with Gasteiger partial charge in [0.2, 0.25) is 0 Å². The molecule has 0 aromatic heterocycles. The maximum atomic E-state index is 11.2. The molecule has 0 bridgehead atoms. The van der Waals surface area contributed by atoms with E-state index in [4.69, 9.17) is 0 Å². The summed E-state index contributed by atoms with van der Waals surface area (Å²) >= 11 is 0. The second-order valence-corrected chi connectivity index (χ2v) is 7.40. The second kappa shape index (κ2) is 7.39. The number of phenols is 2. The smallest absolute Gasteiger partial charge is 0.335 e. The largest absolute Gasteiger partial charge is 0.507 e. The normalized spacial score (nSPS) is 11.0. The number of aryl methyl sites for hydroxylation is 4. The van der Waals surface area contributed by atoms with Gasteiger partial charge in [-0.1, -0.05) is 47.5 Å². The minimum absolute atomic E-state index is 0.177. The highest BCUT2D eigenvalue weighted by molar-refractivity contribution is 5.87. The molecular weight excluding hydrogens is 352 g/mol. The fraction of sp³-hybridized carbons (Fsp3) is 0.208. The van der Waals surface area contributed by atoms with Gasteiger partial charge in [0.25, 0.3) is 0 Å². The van der Waals surface area contributed by atoms with E-state index >= 15 is 0 Å². The minimum Gasteiger partial charge on any atom is -0.507 e. The lowest BCUT2D eigenvalue weighted by Crippen LogP contribution is -2.07. The van der Waals surface area contributed by atoms with Crippen LogP contribution in [0.3, 0.4) is 0 Å². The third kappa shape index (κ3) is 3.58.